The second-order valence-electron chi connectivity index (χ2n) is 7.08. The first kappa shape index (κ1) is 15.3. The molecule has 1 heterocycles. The van der Waals surface area contributed by atoms with Gasteiger partial charge in [0.15, 0.2) is 0 Å². The van der Waals surface area contributed by atoms with Crippen LogP contribution in [0, 0.1) is 17.8 Å². The molecule has 2 fully saturated rings. The number of hydrogen-bond donors (Lipinski definition) is 1. The Bertz CT molecular complexity index is 238. The Morgan fingerprint density at radius 2 is 1.79 bits per heavy atom. The van der Waals surface area contributed by atoms with Gasteiger partial charge in [-0.25, -0.2) is 0 Å². The molecule has 1 saturated heterocycles. The molecular formula is C17H34N2. The molecule has 0 aromatic heterocycles. The monoisotopic (exact) mass is 266 g/mol. The summed E-state index contributed by atoms with van der Waals surface area (Å²) in [5, 5.41) is 3.58. The van der Waals surface area contributed by atoms with Crippen molar-refractivity contribution >= 4 is 0 Å². The third-order valence-electron chi connectivity index (χ3n) is 5.31. The molecule has 2 heteroatoms. The van der Waals surface area contributed by atoms with E-state index >= 15 is 0 Å². The summed E-state index contributed by atoms with van der Waals surface area (Å²) in [6.07, 6.45) is 8.44. The predicted molar refractivity (Wildman–Crippen MR) is 83.4 cm³/mol. The summed E-state index contributed by atoms with van der Waals surface area (Å²) in [5.74, 6) is 2.68. The summed E-state index contributed by atoms with van der Waals surface area (Å²) < 4.78 is 0. The SMILES string of the molecule is CCCN(CC1CCCNC1)C1C(C)CCCC1C. The van der Waals surface area contributed by atoms with E-state index in [1.807, 2.05) is 0 Å². The van der Waals surface area contributed by atoms with Crippen LogP contribution in [0.3, 0.4) is 0 Å². The molecular weight excluding hydrogens is 232 g/mol. The Morgan fingerprint density at radius 1 is 1.05 bits per heavy atom. The fourth-order valence-corrected chi connectivity index (χ4v) is 4.44. The fourth-order valence-electron chi connectivity index (χ4n) is 4.44. The second kappa shape index (κ2) is 7.64. The molecule has 3 unspecified atom stereocenters. The molecule has 2 rings (SSSR count). The highest BCUT2D eigenvalue weighted by Gasteiger charge is 2.33. The third kappa shape index (κ3) is 4.19. The second-order valence-corrected chi connectivity index (χ2v) is 7.08. The zero-order valence-corrected chi connectivity index (χ0v) is 13.3. The van der Waals surface area contributed by atoms with E-state index in [1.54, 1.807) is 0 Å². The van der Waals surface area contributed by atoms with Gasteiger partial charge in [0.05, 0.1) is 0 Å². The van der Waals surface area contributed by atoms with Gasteiger partial charge in [-0.2, -0.15) is 0 Å². The lowest BCUT2D eigenvalue weighted by Crippen LogP contribution is -2.49. The van der Waals surface area contributed by atoms with Crippen molar-refractivity contribution in [3.05, 3.63) is 0 Å². The zero-order chi connectivity index (χ0) is 13.7. The topological polar surface area (TPSA) is 15.3 Å². The molecule has 0 bridgehead atoms. The van der Waals surface area contributed by atoms with Crippen molar-refractivity contribution in [2.24, 2.45) is 17.8 Å². The van der Waals surface area contributed by atoms with Crippen molar-refractivity contribution in [2.75, 3.05) is 26.2 Å². The van der Waals surface area contributed by atoms with Crippen molar-refractivity contribution < 1.29 is 0 Å². The average Bonchev–Trinajstić information content (AvgIpc) is 2.40. The fraction of sp³-hybridized carbons (Fsp3) is 1.00. The van der Waals surface area contributed by atoms with Gasteiger partial charge in [0.25, 0.3) is 0 Å². The molecule has 19 heavy (non-hydrogen) atoms. The maximum atomic E-state index is 3.58. The van der Waals surface area contributed by atoms with Crippen LogP contribution in [-0.4, -0.2) is 37.1 Å². The standard InChI is InChI=1S/C17H34N2/c1-4-11-19(13-16-9-6-10-18-12-16)17-14(2)7-5-8-15(17)3/h14-18H,4-13H2,1-3H3. The van der Waals surface area contributed by atoms with Gasteiger partial charge in [0.1, 0.15) is 0 Å². The lowest BCUT2D eigenvalue weighted by Gasteiger charge is -2.44. The van der Waals surface area contributed by atoms with Crippen molar-refractivity contribution in [1.82, 2.24) is 10.2 Å². The van der Waals surface area contributed by atoms with E-state index in [-0.39, 0.29) is 0 Å². The van der Waals surface area contributed by atoms with Gasteiger partial charge in [-0.3, -0.25) is 4.90 Å². The molecule has 0 aromatic rings. The van der Waals surface area contributed by atoms with Crippen LogP contribution >= 0.6 is 0 Å². The molecule has 1 aliphatic heterocycles. The normalized spacial score (nSPS) is 36.6. The minimum absolute atomic E-state index is 0.843. The number of nitrogens with zero attached hydrogens (tertiary/aromatic N) is 1. The van der Waals surface area contributed by atoms with Crippen molar-refractivity contribution in [1.29, 1.82) is 0 Å². The smallest absolute Gasteiger partial charge is 0.0147 e. The number of piperidine rings is 1. The minimum atomic E-state index is 0.843. The molecule has 2 aliphatic rings. The molecule has 1 aliphatic carbocycles. The van der Waals surface area contributed by atoms with E-state index < -0.39 is 0 Å². The van der Waals surface area contributed by atoms with Gasteiger partial charge in [-0.1, -0.05) is 27.2 Å². The van der Waals surface area contributed by atoms with Crippen LogP contribution in [0.5, 0.6) is 0 Å². The third-order valence-corrected chi connectivity index (χ3v) is 5.31. The summed E-state index contributed by atoms with van der Waals surface area (Å²) in [6, 6.07) is 0.843. The lowest BCUT2D eigenvalue weighted by atomic mass is 9.77. The van der Waals surface area contributed by atoms with Gasteiger partial charge in [-0.05, 0) is 69.5 Å². The number of nitrogens with one attached hydrogen (secondary N) is 1. The quantitative estimate of drug-likeness (QED) is 0.819. The van der Waals surface area contributed by atoms with Crippen LogP contribution in [-0.2, 0) is 0 Å². The summed E-state index contributed by atoms with van der Waals surface area (Å²) in [4.78, 5) is 2.85. The van der Waals surface area contributed by atoms with Crippen molar-refractivity contribution in [3.8, 4) is 0 Å². The number of rotatable bonds is 5. The maximum Gasteiger partial charge on any atom is 0.0147 e. The van der Waals surface area contributed by atoms with Crippen molar-refractivity contribution in [3.63, 3.8) is 0 Å². The zero-order valence-electron chi connectivity index (χ0n) is 13.3. The van der Waals surface area contributed by atoms with E-state index in [4.69, 9.17) is 0 Å². The van der Waals surface area contributed by atoms with E-state index in [2.05, 4.69) is 31.0 Å². The highest BCUT2D eigenvalue weighted by Crippen LogP contribution is 2.33. The molecule has 2 nitrogen and oxygen atoms in total. The van der Waals surface area contributed by atoms with Crippen molar-refractivity contribution in [2.45, 2.75) is 65.3 Å². The molecule has 1 N–H and O–H groups in total. The first-order valence-electron chi connectivity index (χ1n) is 8.67. The predicted octanol–water partition coefficient (Wildman–Crippen LogP) is 3.52. The highest BCUT2D eigenvalue weighted by atomic mass is 15.2. The van der Waals surface area contributed by atoms with Gasteiger partial charge < -0.3 is 5.32 Å². The number of hydrogen-bond acceptors (Lipinski definition) is 2. The van der Waals surface area contributed by atoms with E-state index in [0.29, 0.717) is 0 Å². The lowest BCUT2D eigenvalue weighted by molar-refractivity contribution is 0.0525. The van der Waals surface area contributed by atoms with Crippen LogP contribution in [0.4, 0.5) is 0 Å². The molecule has 3 atom stereocenters. The molecule has 0 aromatic carbocycles. The van der Waals surface area contributed by atoms with Crippen LogP contribution in [0.15, 0.2) is 0 Å². The van der Waals surface area contributed by atoms with Gasteiger partial charge in [0, 0.05) is 12.6 Å². The summed E-state index contributed by atoms with van der Waals surface area (Å²) in [7, 11) is 0. The van der Waals surface area contributed by atoms with Gasteiger partial charge in [0.2, 0.25) is 0 Å². The summed E-state index contributed by atoms with van der Waals surface area (Å²) in [6.45, 7) is 12.4. The van der Waals surface area contributed by atoms with E-state index in [9.17, 15) is 0 Å². The Kier molecular flexibility index (Phi) is 6.15. The minimum Gasteiger partial charge on any atom is -0.316 e. The molecule has 0 radical (unpaired) electrons. The average molecular weight is 266 g/mol. The van der Waals surface area contributed by atoms with Gasteiger partial charge in [-0.15, -0.1) is 0 Å². The summed E-state index contributed by atoms with van der Waals surface area (Å²) >= 11 is 0. The molecule has 1 saturated carbocycles. The van der Waals surface area contributed by atoms with Crippen LogP contribution in [0.1, 0.15) is 59.3 Å². The van der Waals surface area contributed by atoms with Crippen LogP contribution < -0.4 is 5.32 Å². The van der Waals surface area contributed by atoms with Crippen LogP contribution in [0.25, 0.3) is 0 Å². The summed E-state index contributed by atoms with van der Waals surface area (Å²) in [5.41, 5.74) is 0. The Labute approximate surface area is 120 Å². The van der Waals surface area contributed by atoms with Crippen LogP contribution in [0.2, 0.25) is 0 Å². The van der Waals surface area contributed by atoms with E-state index in [1.165, 1.54) is 64.7 Å². The van der Waals surface area contributed by atoms with Gasteiger partial charge >= 0.3 is 0 Å². The van der Waals surface area contributed by atoms with E-state index in [0.717, 1.165) is 23.8 Å². The Balaban J connectivity index is 1.96. The Morgan fingerprint density at radius 3 is 2.37 bits per heavy atom. The molecule has 0 amide bonds. The maximum absolute atomic E-state index is 3.58. The first-order valence-corrected chi connectivity index (χ1v) is 8.67. The highest BCUT2D eigenvalue weighted by molar-refractivity contribution is 4.87. The molecule has 0 spiro atoms. The first-order chi connectivity index (χ1) is 9.22. The molecule has 112 valence electrons. The largest absolute Gasteiger partial charge is 0.316 e. The Hall–Kier alpha value is -0.0800.